The minimum Gasteiger partial charge on any atom is -0.495 e. The fourth-order valence-corrected chi connectivity index (χ4v) is 2.52. The Morgan fingerprint density at radius 2 is 1.78 bits per heavy atom. The number of ether oxygens (including phenoxy) is 2. The molecule has 3 aromatic rings. The second kappa shape index (κ2) is 6.00. The maximum Gasteiger partial charge on any atom is 0.274 e. The molecule has 3 rings (SSSR count). The van der Waals surface area contributed by atoms with E-state index in [9.17, 15) is 4.79 Å². The summed E-state index contributed by atoms with van der Waals surface area (Å²) in [6, 6.07) is 10.9. The molecule has 0 saturated carbocycles. The number of imidazole rings is 1. The number of rotatable bonds is 4. The van der Waals surface area contributed by atoms with Gasteiger partial charge in [0.25, 0.3) is 5.91 Å². The van der Waals surface area contributed by atoms with Gasteiger partial charge in [-0.25, -0.2) is 4.98 Å². The number of pyridine rings is 1. The lowest BCUT2D eigenvalue weighted by molar-refractivity contribution is 0.102. The van der Waals surface area contributed by atoms with Gasteiger partial charge in [0.2, 0.25) is 0 Å². The van der Waals surface area contributed by atoms with Crippen LogP contribution in [-0.4, -0.2) is 29.5 Å². The van der Waals surface area contributed by atoms with E-state index in [1.807, 2.05) is 24.3 Å². The Labute approximate surface area is 133 Å². The summed E-state index contributed by atoms with van der Waals surface area (Å²) in [5, 5.41) is 2.87. The van der Waals surface area contributed by atoms with Crippen molar-refractivity contribution in [1.82, 2.24) is 9.38 Å². The summed E-state index contributed by atoms with van der Waals surface area (Å²) in [4.78, 5) is 17.1. The highest BCUT2D eigenvalue weighted by Gasteiger charge is 2.19. The number of hydrogen-bond donors (Lipinski definition) is 1. The minimum atomic E-state index is -0.257. The number of fused-ring (bicyclic) bond motifs is 1. The topological polar surface area (TPSA) is 64.9 Å². The highest BCUT2D eigenvalue weighted by Crippen LogP contribution is 2.26. The van der Waals surface area contributed by atoms with Crippen molar-refractivity contribution in [3.63, 3.8) is 0 Å². The predicted octanol–water partition coefficient (Wildman–Crippen LogP) is 2.91. The summed E-state index contributed by atoms with van der Waals surface area (Å²) in [7, 11) is 3.14. The van der Waals surface area contributed by atoms with Crippen LogP contribution in [0.15, 0.2) is 42.6 Å². The van der Waals surface area contributed by atoms with Crippen LogP contribution in [0.3, 0.4) is 0 Å². The molecule has 0 aliphatic carbocycles. The van der Waals surface area contributed by atoms with E-state index < -0.39 is 0 Å². The van der Waals surface area contributed by atoms with Crippen molar-refractivity contribution in [3.8, 4) is 11.5 Å². The molecular weight excluding hydrogens is 294 g/mol. The number of nitrogens with one attached hydrogen (secondary N) is 1. The Hall–Kier alpha value is -3.02. The van der Waals surface area contributed by atoms with Crippen molar-refractivity contribution in [3.05, 3.63) is 54.0 Å². The maximum absolute atomic E-state index is 12.7. The standard InChI is InChI=1S/C17H17N3O3/c1-11-15(20-10-6-9-14(23-3)16(20)18-11)17(21)19-12-7-4-5-8-13(12)22-2/h4-10H,1-3H3,(H,19,21). The largest absolute Gasteiger partial charge is 0.495 e. The van der Waals surface area contributed by atoms with Gasteiger partial charge in [0, 0.05) is 6.20 Å². The van der Waals surface area contributed by atoms with Crippen molar-refractivity contribution >= 4 is 17.2 Å². The van der Waals surface area contributed by atoms with Crippen molar-refractivity contribution in [2.24, 2.45) is 0 Å². The monoisotopic (exact) mass is 311 g/mol. The highest BCUT2D eigenvalue weighted by atomic mass is 16.5. The summed E-state index contributed by atoms with van der Waals surface area (Å²) in [6.07, 6.45) is 1.79. The lowest BCUT2D eigenvalue weighted by Crippen LogP contribution is -2.16. The van der Waals surface area contributed by atoms with Gasteiger partial charge in [0.15, 0.2) is 11.4 Å². The first-order valence-electron chi connectivity index (χ1n) is 7.11. The van der Waals surface area contributed by atoms with Crippen molar-refractivity contribution in [2.45, 2.75) is 6.92 Å². The second-order valence-electron chi connectivity index (χ2n) is 4.97. The van der Waals surface area contributed by atoms with Crippen LogP contribution in [0, 0.1) is 6.92 Å². The van der Waals surface area contributed by atoms with E-state index in [0.29, 0.717) is 34.2 Å². The normalized spacial score (nSPS) is 10.6. The molecular formula is C17H17N3O3. The van der Waals surface area contributed by atoms with Crippen LogP contribution < -0.4 is 14.8 Å². The predicted molar refractivity (Wildman–Crippen MR) is 87.4 cm³/mol. The van der Waals surface area contributed by atoms with E-state index in [2.05, 4.69) is 10.3 Å². The third kappa shape index (κ3) is 2.59. The number of carbonyl (C=O) groups is 1. The smallest absolute Gasteiger partial charge is 0.274 e. The Balaban J connectivity index is 2.03. The first-order valence-corrected chi connectivity index (χ1v) is 7.11. The van der Waals surface area contributed by atoms with Gasteiger partial charge in [-0.15, -0.1) is 0 Å². The molecule has 0 spiro atoms. The van der Waals surface area contributed by atoms with E-state index in [1.54, 1.807) is 43.9 Å². The van der Waals surface area contributed by atoms with E-state index in [-0.39, 0.29) is 5.91 Å². The molecule has 2 heterocycles. The third-order valence-electron chi connectivity index (χ3n) is 3.58. The summed E-state index contributed by atoms with van der Waals surface area (Å²) >= 11 is 0. The molecule has 0 radical (unpaired) electrons. The zero-order valence-corrected chi connectivity index (χ0v) is 13.2. The molecule has 1 amide bonds. The first kappa shape index (κ1) is 14.9. The van der Waals surface area contributed by atoms with E-state index in [0.717, 1.165) is 0 Å². The summed E-state index contributed by atoms with van der Waals surface area (Å²) in [6.45, 7) is 1.80. The van der Waals surface area contributed by atoms with Crippen LogP contribution in [0.25, 0.3) is 5.65 Å². The van der Waals surface area contributed by atoms with Gasteiger partial charge in [-0.2, -0.15) is 0 Å². The molecule has 1 aromatic carbocycles. The number of carbonyl (C=O) groups excluding carboxylic acids is 1. The molecule has 23 heavy (non-hydrogen) atoms. The molecule has 6 nitrogen and oxygen atoms in total. The molecule has 0 aliphatic rings. The van der Waals surface area contributed by atoms with Gasteiger partial charge >= 0.3 is 0 Å². The minimum absolute atomic E-state index is 0.257. The number of amides is 1. The summed E-state index contributed by atoms with van der Waals surface area (Å²) in [5.41, 5.74) is 2.31. The second-order valence-corrected chi connectivity index (χ2v) is 4.97. The average Bonchev–Trinajstić information content (AvgIpc) is 2.91. The highest BCUT2D eigenvalue weighted by molar-refractivity contribution is 6.05. The average molecular weight is 311 g/mol. The quantitative estimate of drug-likeness (QED) is 0.804. The van der Waals surface area contributed by atoms with Crippen LogP contribution in [0.2, 0.25) is 0 Å². The number of para-hydroxylation sites is 2. The zero-order valence-electron chi connectivity index (χ0n) is 13.2. The maximum atomic E-state index is 12.7. The Morgan fingerprint density at radius 3 is 2.52 bits per heavy atom. The number of nitrogens with zero attached hydrogens (tertiary/aromatic N) is 2. The third-order valence-corrected chi connectivity index (χ3v) is 3.58. The molecule has 6 heteroatoms. The van der Waals surface area contributed by atoms with E-state index in [4.69, 9.17) is 9.47 Å². The van der Waals surface area contributed by atoms with Gasteiger partial charge in [0.05, 0.1) is 25.6 Å². The van der Waals surface area contributed by atoms with Crippen LogP contribution >= 0.6 is 0 Å². The molecule has 118 valence electrons. The van der Waals surface area contributed by atoms with Gasteiger partial charge in [-0.05, 0) is 31.2 Å². The molecule has 0 bridgehead atoms. The van der Waals surface area contributed by atoms with Crippen molar-refractivity contribution in [2.75, 3.05) is 19.5 Å². The number of aromatic nitrogens is 2. The number of hydrogen-bond acceptors (Lipinski definition) is 4. The van der Waals surface area contributed by atoms with E-state index >= 15 is 0 Å². The van der Waals surface area contributed by atoms with Gasteiger partial charge < -0.3 is 14.8 Å². The first-order chi connectivity index (χ1) is 11.2. The molecule has 0 saturated heterocycles. The number of aryl methyl sites for hydroxylation is 1. The summed E-state index contributed by atoms with van der Waals surface area (Å²) < 4.78 is 12.3. The van der Waals surface area contributed by atoms with E-state index in [1.165, 1.54) is 0 Å². The Kier molecular flexibility index (Phi) is 3.89. The zero-order chi connectivity index (χ0) is 16.4. The molecule has 0 aliphatic heterocycles. The molecule has 0 unspecified atom stereocenters. The lowest BCUT2D eigenvalue weighted by atomic mass is 10.2. The Morgan fingerprint density at radius 1 is 1.09 bits per heavy atom. The van der Waals surface area contributed by atoms with Crippen LogP contribution in [0.1, 0.15) is 16.2 Å². The van der Waals surface area contributed by atoms with Crippen LogP contribution in [0.4, 0.5) is 5.69 Å². The molecule has 2 aromatic heterocycles. The van der Waals surface area contributed by atoms with Crippen LogP contribution in [-0.2, 0) is 0 Å². The van der Waals surface area contributed by atoms with Gasteiger partial charge in [0.1, 0.15) is 11.4 Å². The fraction of sp³-hybridized carbons (Fsp3) is 0.176. The number of methoxy groups -OCH3 is 2. The molecule has 0 atom stereocenters. The fourth-order valence-electron chi connectivity index (χ4n) is 2.52. The SMILES string of the molecule is COc1ccccc1NC(=O)c1c(C)nc2c(OC)cccn12. The lowest BCUT2D eigenvalue weighted by Gasteiger charge is -2.10. The van der Waals surface area contributed by atoms with Crippen molar-refractivity contribution < 1.29 is 14.3 Å². The molecule has 0 fully saturated rings. The van der Waals surface area contributed by atoms with Crippen molar-refractivity contribution in [1.29, 1.82) is 0 Å². The summed E-state index contributed by atoms with van der Waals surface area (Å²) in [5.74, 6) is 0.963. The Bertz CT molecular complexity index is 871. The van der Waals surface area contributed by atoms with Crippen LogP contribution in [0.5, 0.6) is 11.5 Å². The number of benzene rings is 1. The number of anilines is 1. The van der Waals surface area contributed by atoms with Gasteiger partial charge in [-0.3, -0.25) is 9.20 Å². The van der Waals surface area contributed by atoms with Gasteiger partial charge in [-0.1, -0.05) is 12.1 Å². The molecule has 1 N–H and O–H groups in total.